The van der Waals surface area contributed by atoms with Gasteiger partial charge in [-0.15, -0.1) is 0 Å². The number of ether oxygens (including phenoxy) is 4. The number of esters is 2. The summed E-state index contributed by atoms with van der Waals surface area (Å²) in [7, 11) is 0. The van der Waals surface area contributed by atoms with Gasteiger partial charge in [-0.3, -0.25) is 0 Å². The van der Waals surface area contributed by atoms with Crippen LogP contribution in [0.1, 0.15) is 20.7 Å². The first-order valence-electron chi connectivity index (χ1n) is 13.1. The number of benzene rings is 6. The molecule has 0 aromatic heterocycles. The van der Waals surface area contributed by atoms with Crippen LogP contribution in [0.25, 0.3) is 32.7 Å². The highest BCUT2D eigenvalue weighted by Crippen LogP contribution is 2.48. The SMILES string of the molecule is O=C(Oc1ccc2ccc3c(c2c1)-c1c(ccc2ccc(OC(=O)c4ccccc4)cc12)OCO3)c1ccccc1. The smallest absolute Gasteiger partial charge is 0.343 e. The Morgan fingerprint density at radius 2 is 0.927 bits per heavy atom. The standard InChI is InChI=1S/C35H22O6/c36-34(24-7-3-1-4-8-24)40-26-15-11-22-13-17-30-32(28(22)19-26)33-29-20-27(41-35(37)25-9-5-2-6-10-25)16-12-23(29)14-18-31(33)39-21-38-30/h1-20H,21H2. The van der Waals surface area contributed by atoms with Crippen molar-refractivity contribution in [2.24, 2.45) is 0 Å². The minimum absolute atomic E-state index is 0.0301. The molecule has 41 heavy (non-hydrogen) atoms. The van der Waals surface area contributed by atoms with Gasteiger partial charge in [0, 0.05) is 11.1 Å². The molecule has 1 aliphatic heterocycles. The fourth-order valence-electron chi connectivity index (χ4n) is 5.08. The van der Waals surface area contributed by atoms with Crippen LogP contribution in [0.4, 0.5) is 0 Å². The molecule has 7 rings (SSSR count). The predicted octanol–water partition coefficient (Wildman–Crippen LogP) is 7.83. The van der Waals surface area contributed by atoms with Crippen molar-refractivity contribution < 1.29 is 28.5 Å². The summed E-state index contributed by atoms with van der Waals surface area (Å²) in [5, 5.41) is 3.52. The van der Waals surface area contributed by atoms with Crippen molar-refractivity contribution in [3.8, 4) is 34.1 Å². The average Bonchev–Trinajstić information content (AvgIpc) is 3.22. The lowest BCUT2D eigenvalue weighted by atomic mass is 9.92. The van der Waals surface area contributed by atoms with Crippen LogP contribution >= 0.6 is 0 Å². The Morgan fingerprint density at radius 3 is 1.37 bits per heavy atom. The number of rotatable bonds is 4. The lowest BCUT2D eigenvalue weighted by Gasteiger charge is -2.15. The van der Waals surface area contributed by atoms with Gasteiger partial charge in [0.25, 0.3) is 0 Å². The molecule has 6 aromatic carbocycles. The molecule has 0 amide bonds. The first-order valence-corrected chi connectivity index (χ1v) is 13.1. The third-order valence-electron chi connectivity index (χ3n) is 7.03. The molecule has 0 aliphatic carbocycles. The lowest BCUT2D eigenvalue weighted by molar-refractivity contribution is 0.0725. The van der Waals surface area contributed by atoms with Gasteiger partial charge in [0.2, 0.25) is 6.79 Å². The minimum atomic E-state index is -0.442. The third-order valence-corrected chi connectivity index (χ3v) is 7.03. The molecule has 0 unspecified atom stereocenters. The summed E-state index contributed by atoms with van der Waals surface area (Å²) >= 11 is 0. The van der Waals surface area contributed by atoms with E-state index in [1.165, 1.54) is 0 Å². The maximum absolute atomic E-state index is 12.8. The molecule has 6 nitrogen and oxygen atoms in total. The second-order valence-corrected chi connectivity index (χ2v) is 9.56. The van der Waals surface area contributed by atoms with Crippen molar-refractivity contribution in [1.82, 2.24) is 0 Å². The van der Waals surface area contributed by atoms with Crippen LogP contribution in [0.2, 0.25) is 0 Å². The fourth-order valence-corrected chi connectivity index (χ4v) is 5.08. The van der Waals surface area contributed by atoms with E-state index in [-0.39, 0.29) is 6.79 Å². The Labute approximate surface area is 235 Å². The first-order chi connectivity index (χ1) is 20.1. The summed E-state index contributed by atoms with van der Waals surface area (Å²) in [6.45, 7) is 0.0301. The number of hydrogen-bond acceptors (Lipinski definition) is 6. The van der Waals surface area contributed by atoms with E-state index >= 15 is 0 Å². The first kappa shape index (κ1) is 24.4. The maximum atomic E-state index is 12.8. The largest absolute Gasteiger partial charge is 0.457 e. The van der Waals surface area contributed by atoms with E-state index < -0.39 is 11.9 Å². The van der Waals surface area contributed by atoms with E-state index in [2.05, 4.69) is 0 Å². The van der Waals surface area contributed by atoms with Crippen molar-refractivity contribution in [3.63, 3.8) is 0 Å². The molecule has 6 heteroatoms. The second-order valence-electron chi connectivity index (χ2n) is 9.56. The van der Waals surface area contributed by atoms with Crippen molar-refractivity contribution in [1.29, 1.82) is 0 Å². The lowest BCUT2D eigenvalue weighted by Crippen LogP contribution is -2.08. The summed E-state index contributed by atoms with van der Waals surface area (Å²) in [5.74, 6) is 1.18. The van der Waals surface area contributed by atoms with Crippen LogP contribution in [0.5, 0.6) is 23.0 Å². The molecule has 6 aromatic rings. The Bertz CT molecular complexity index is 1800. The van der Waals surface area contributed by atoms with Gasteiger partial charge in [0.05, 0.1) is 11.1 Å². The van der Waals surface area contributed by atoms with Gasteiger partial charge >= 0.3 is 11.9 Å². The molecule has 0 N–H and O–H groups in total. The zero-order valence-electron chi connectivity index (χ0n) is 21.7. The Hall–Kier alpha value is -5.62. The minimum Gasteiger partial charge on any atom is -0.457 e. The third kappa shape index (κ3) is 4.61. The molecule has 0 radical (unpaired) electrons. The number of hydrogen-bond donors (Lipinski definition) is 0. The van der Waals surface area contributed by atoms with E-state index in [0.717, 1.165) is 32.7 Å². The normalized spacial score (nSPS) is 11.9. The Kier molecular flexibility index (Phi) is 6.06. The van der Waals surface area contributed by atoms with Gasteiger partial charge in [-0.25, -0.2) is 9.59 Å². The van der Waals surface area contributed by atoms with Gasteiger partial charge in [0.15, 0.2) is 0 Å². The molecule has 0 bridgehead atoms. The van der Waals surface area contributed by atoms with E-state index in [0.29, 0.717) is 34.1 Å². The predicted molar refractivity (Wildman–Crippen MR) is 156 cm³/mol. The fraction of sp³-hybridized carbons (Fsp3) is 0.0286. The monoisotopic (exact) mass is 538 g/mol. The van der Waals surface area contributed by atoms with Crippen molar-refractivity contribution in [2.75, 3.05) is 6.79 Å². The van der Waals surface area contributed by atoms with E-state index in [1.54, 1.807) is 60.7 Å². The van der Waals surface area contributed by atoms with E-state index in [1.807, 2.05) is 60.7 Å². The molecule has 198 valence electrons. The maximum Gasteiger partial charge on any atom is 0.343 e. The molecule has 0 atom stereocenters. The number of fused-ring (bicyclic) bond motifs is 7. The summed E-state index contributed by atoms with van der Waals surface area (Å²) < 4.78 is 23.5. The quantitative estimate of drug-likeness (QED) is 0.168. The van der Waals surface area contributed by atoms with Gasteiger partial charge in [-0.05, 0) is 82.2 Å². The molecular formula is C35H22O6. The second kappa shape index (κ2) is 10.2. The van der Waals surface area contributed by atoms with Gasteiger partial charge < -0.3 is 18.9 Å². The summed E-state index contributed by atoms with van der Waals surface area (Å²) in [5.41, 5.74) is 2.52. The van der Waals surface area contributed by atoms with Crippen molar-refractivity contribution >= 4 is 33.5 Å². The zero-order valence-corrected chi connectivity index (χ0v) is 21.7. The molecule has 0 fully saturated rings. The summed E-state index contributed by atoms with van der Waals surface area (Å²) in [6, 6.07) is 36.5. The molecular weight excluding hydrogens is 516 g/mol. The van der Waals surface area contributed by atoms with Crippen molar-refractivity contribution in [2.45, 2.75) is 0 Å². The van der Waals surface area contributed by atoms with Gasteiger partial charge in [-0.1, -0.05) is 60.7 Å². The summed E-state index contributed by atoms with van der Waals surface area (Å²) in [6.07, 6.45) is 0. The number of carbonyl (C=O) groups excluding carboxylic acids is 2. The molecule has 0 saturated heterocycles. The number of carbonyl (C=O) groups is 2. The van der Waals surface area contributed by atoms with Crippen LogP contribution in [-0.2, 0) is 0 Å². The van der Waals surface area contributed by atoms with Crippen molar-refractivity contribution in [3.05, 3.63) is 132 Å². The van der Waals surface area contributed by atoms with E-state index in [4.69, 9.17) is 18.9 Å². The summed E-state index contributed by atoms with van der Waals surface area (Å²) in [4.78, 5) is 25.6. The topological polar surface area (TPSA) is 71.1 Å². The highest BCUT2D eigenvalue weighted by atomic mass is 16.7. The van der Waals surface area contributed by atoms with Gasteiger partial charge in [0.1, 0.15) is 23.0 Å². The zero-order chi connectivity index (χ0) is 27.8. The Balaban J connectivity index is 1.36. The molecule has 0 saturated carbocycles. The highest BCUT2D eigenvalue weighted by Gasteiger charge is 2.23. The van der Waals surface area contributed by atoms with Crippen LogP contribution < -0.4 is 18.9 Å². The van der Waals surface area contributed by atoms with Crippen LogP contribution in [0.3, 0.4) is 0 Å². The van der Waals surface area contributed by atoms with Crippen LogP contribution in [0, 0.1) is 0 Å². The van der Waals surface area contributed by atoms with Gasteiger partial charge in [-0.2, -0.15) is 0 Å². The molecule has 1 aliphatic rings. The molecule has 1 heterocycles. The molecule has 0 spiro atoms. The van der Waals surface area contributed by atoms with Crippen LogP contribution in [0.15, 0.2) is 121 Å². The highest BCUT2D eigenvalue weighted by molar-refractivity contribution is 6.10. The average molecular weight is 539 g/mol. The van der Waals surface area contributed by atoms with E-state index in [9.17, 15) is 9.59 Å². The van der Waals surface area contributed by atoms with Crippen LogP contribution in [-0.4, -0.2) is 18.7 Å². The Morgan fingerprint density at radius 1 is 0.512 bits per heavy atom.